The smallest absolute Gasteiger partial charge is 0.253 e. The van der Waals surface area contributed by atoms with Crippen LogP contribution in [0.1, 0.15) is 30.6 Å². The van der Waals surface area contributed by atoms with E-state index in [0.29, 0.717) is 30.3 Å². The van der Waals surface area contributed by atoms with Gasteiger partial charge in [-0.1, -0.05) is 26.0 Å². The second kappa shape index (κ2) is 7.22. The van der Waals surface area contributed by atoms with Crippen molar-refractivity contribution in [2.75, 3.05) is 25.0 Å². The monoisotopic (exact) mass is 289 g/mol. The summed E-state index contributed by atoms with van der Waals surface area (Å²) in [6.07, 6.45) is 0.841. The van der Waals surface area contributed by atoms with Crippen molar-refractivity contribution in [1.82, 2.24) is 10.6 Å². The van der Waals surface area contributed by atoms with E-state index in [9.17, 15) is 9.59 Å². The molecular formula is C16H23N3O2. The molecule has 0 radical (unpaired) electrons. The number of carbonyl (C=O) groups excluding carboxylic acids is 2. The lowest BCUT2D eigenvalue weighted by molar-refractivity contribution is -0.119. The van der Waals surface area contributed by atoms with Gasteiger partial charge in [0.15, 0.2) is 0 Å². The molecule has 1 unspecified atom stereocenters. The van der Waals surface area contributed by atoms with Crippen molar-refractivity contribution in [3.8, 4) is 0 Å². The van der Waals surface area contributed by atoms with Crippen LogP contribution in [-0.4, -0.2) is 31.4 Å². The van der Waals surface area contributed by atoms with Crippen molar-refractivity contribution in [2.45, 2.75) is 20.3 Å². The van der Waals surface area contributed by atoms with Crippen molar-refractivity contribution >= 4 is 17.5 Å². The first-order valence-corrected chi connectivity index (χ1v) is 7.46. The number of hydrogen-bond donors (Lipinski definition) is 3. The summed E-state index contributed by atoms with van der Waals surface area (Å²) in [6.45, 7) is 6.28. The third kappa shape index (κ3) is 4.29. The lowest BCUT2D eigenvalue weighted by Crippen LogP contribution is -2.30. The normalized spacial score (nSPS) is 17.8. The molecule has 114 valence electrons. The van der Waals surface area contributed by atoms with Crippen LogP contribution in [0, 0.1) is 11.8 Å². The van der Waals surface area contributed by atoms with E-state index in [4.69, 9.17) is 0 Å². The minimum Gasteiger partial charge on any atom is -0.352 e. The number of amides is 2. The Morgan fingerprint density at radius 2 is 2.10 bits per heavy atom. The number of benzene rings is 1. The summed E-state index contributed by atoms with van der Waals surface area (Å²) in [4.78, 5) is 24.4. The van der Waals surface area contributed by atoms with E-state index in [1.165, 1.54) is 0 Å². The highest BCUT2D eigenvalue weighted by Gasteiger charge is 2.23. The number of hydrogen-bond acceptors (Lipinski definition) is 3. The molecule has 1 aromatic carbocycles. The van der Waals surface area contributed by atoms with Gasteiger partial charge in [0.25, 0.3) is 5.91 Å². The van der Waals surface area contributed by atoms with Gasteiger partial charge in [0.05, 0.1) is 17.2 Å². The van der Waals surface area contributed by atoms with Crippen LogP contribution in [0.5, 0.6) is 0 Å². The van der Waals surface area contributed by atoms with E-state index in [1.807, 2.05) is 19.9 Å². The van der Waals surface area contributed by atoms with E-state index >= 15 is 0 Å². The molecule has 0 bridgehead atoms. The Hall–Kier alpha value is -1.88. The summed E-state index contributed by atoms with van der Waals surface area (Å²) < 4.78 is 0. The van der Waals surface area contributed by atoms with Gasteiger partial charge in [-0.05, 0) is 31.0 Å². The van der Waals surface area contributed by atoms with Gasteiger partial charge >= 0.3 is 0 Å². The molecule has 1 heterocycles. The second-order valence-corrected chi connectivity index (χ2v) is 5.83. The molecule has 1 aliphatic heterocycles. The largest absolute Gasteiger partial charge is 0.352 e. The molecule has 5 heteroatoms. The van der Waals surface area contributed by atoms with E-state index in [2.05, 4.69) is 16.0 Å². The van der Waals surface area contributed by atoms with E-state index < -0.39 is 0 Å². The zero-order chi connectivity index (χ0) is 15.2. The van der Waals surface area contributed by atoms with Gasteiger partial charge in [0.1, 0.15) is 0 Å². The maximum atomic E-state index is 12.2. The Kier molecular flexibility index (Phi) is 5.33. The fourth-order valence-corrected chi connectivity index (χ4v) is 2.30. The average molecular weight is 289 g/mol. The zero-order valence-electron chi connectivity index (χ0n) is 12.6. The number of nitrogens with one attached hydrogen (secondary N) is 3. The number of anilines is 1. The third-order valence-corrected chi connectivity index (χ3v) is 3.53. The predicted molar refractivity (Wildman–Crippen MR) is 83.2 cm³/mol. The highest BCUT2D eigenvalue weighted by atomic mass is 16.2. The van der Waals surface area contributed by atoms with Crippen molar-refractivity contribution in [1.29, 1.82) is 0 Å². The summed E-state index contributed by atoms with van der Waals surface area (Å²) in [5, 5.41) is 8.93. The Morgan fingerprint density at radius 1 is 1.33 bits per heavy atom. The molecule has 1 aromatic rings. The molecular weight excluding hydrogens is 266 g/mol. The number of rotatable bonds is 5. The molecule has 1 saturated heterocycles. The summed E-state index contributed by atoms with van der Waals surface area (Å²) in [5.41, 5.74) is 1.09. The summed E-state index contributed by atoms with van der Waals surface area (Å²) in [7, 11) is 0. The van der Waals surface area contributed by atoms with Gasteiger partial charge in [0.2, 0.25) is 5.91 Å². The van der Waals surface area contributed by atoms with E-state index in [1.54, 1.807) is 18.2 Å². The van der Waals surface area contributed by atoms with Gasteiger partial charge in [-0.2, -0.15) is 0 Å². The fraction of sp³-hybridized carbons (Fsp3) is 0.500. The standard InChI is InChI=1S/C16H23N3O2/c1-11(2)9-18-16(21)13-5-3-4-6-14(13)19-15(20)12-7-8-17-10-12/h3-6,11-12,17H,7-10H2,1-2H3,(H,18,21)(H,19,20). The minimum absolute atomic E-state index is 0.0169. The molecule has 0 aromatic heterocycles. The quantitative estimate of drug-likeness (QED) is 0.771. The van der Waals surface area contributed by atoms with Gasteiger partial charge in [0, 0.05) is 13.1 Å². The molecule has 1 atom stereocenters. The van der Waals surface area contributed by atoms with Crippen LogP contribution in [0.3, 0.4) is 0 Å². The molecule has 2 amide bonds. The van der Waals surface area contributed by atoms with Crippen LogP contribution in [-0.2, 0) is 4.79 Å². The first-order chi connectivity index (χ1) is 10.1. The highest BCUT2D eigenvalue weighted by Crippen LogP contribution is 2.18. The molecule has 3 N–H and O–H groups in total. The molecule has 5 nitrogen and oxygen atoms in total. The Morgan fingerprint density at radius 3 is 2.76 bits per heavy atom. The lowest BCUT2D eigenvalue weighted by atomic mass is 10.1. The number of para-hydroxylation sites is 1. The lowest BCUT2D eigenvalue weighted by Gasteiger charge is -2.14. The Balaban J connectivity index is 2.05. The first-order valence-electron chi connectivity index (χ1n) is 7.46. The number of carbonyl (C=O) groups is 2. The summed E-state index contributed by atoms with van der Waals surface area (Å²) in [5.74, 6) is 0.199. The average Bonchev–Trinajstić information content (AvgIpc) is 2.99. The molecule has 0 saturated carbocycles. The van der Waals surface area contributed by atoms with Crippen LogP contribution in [0.4, 0.5) is 5.69 Å². The van der Waals surface area contributed by atoms with Crippen molar-refractivity contribution in [2.24, 2.45) is 11.8 Å². The van der Waals surface area contributed by atoms with Gasteiger partial charge < -0.3 is 16.0 Å². The van der Waals surface area contributed by atoms with Gasteiger partial charge in [-0.3, -0.25) is 9.59 Å². The van der Waals surface area contributed by atoms with Crippen LogP contribution >= 0.6 is 0 Å². The van der Waals surface area contributed by atoms with Crippen LogP contribution in [0.15, 0.2) is 24.3 Å². The first kappa shape index (κ1) is 15.5. The maximum absolute atomic E-state index is 12.2. The van der Waals surface area contributed by atoms with Gasteiger partial charge in [-0.15, -0.1) is 0 Å². The molecule has 21 heavy (non-hydrogen) atoms. The van der Waals surface area contributed by atoms with Gasteiger partial charge in [-0.25, -0.2) is 0 Å². The molecule has 1 aliphatic rings. The molecule has 0 aliphatic carbocycles. The van der Waals surface area contributed by atoms with Crippen molar-refractivity contribution in [3.63, 3.8) is 0 Å². The van der Waals surface area contributed by atoms with Crippen LogP contribution in [0.2, 0.25) is 0 Å². The van der Waals surface area contributed by atoms with E-state index in [0.717, 1.165) is 13.0 Å². The van der Waals surface area contributed by atoms with E-state index in [-0.39, 0.29) is 17.7 Å². The minimum atomic E-state index is -0.149. The zero-order valence-corrected chi connectivity index (χ0v) is 12.6. The fourth-order valence-electron chi connectivity index (χ4n) is 2.30. The maximum Gasteiger partial charge on any atom is 0.253 e. The molecule has 1 fully saturated rings. The Bertz CT molecular complexity index is 508. The van der Waals surface area contributed by atoms with Crippen LogP contribution in [0.25, 0.3) is 0 Å². The molecule has 2 rings (SSSR count). The topological polar surface area (TPSA) is 70.2 Å². The van der Waals surface area contributed by atoms with Crippen molar-refractivity contribution < 1.29 is 9.59 Å². The third-order valence-electron chi connectivity index (χ3n) is 3.53. The summed E-state index contributed by atoms with van der Waals surface area (Å²) >= 11 is 0. The summed E-state index contributed by atoms with van der Waals surface area (Å²) in [6, 6.07) is 7.13. The van der Waals surface area contributed by atoms with Crippen LogP contribution < -0.4 is 16.0 Å². The van der Waals surface area contributed by atoms with Crippen molar-refractivity contribution in [3.05, 3.63) is 29.8 Å². The second-order valence-electron chi connectivity index (χ2n) is 5.83. The Labute approximate surface area is 125 Å². The predicted octanol–water partition coefficient (Wildman–Crippen LogP) is 1.62. The SMILES string of the molecule is CC(C)CNC(=O)c1ccccc1NC(=O)C1CCNC1. The highest BCUT2D eigenvalue weighted by molar-refractivity contribution is 6.04. The molecule has 0 spiro atoms.